The molecular formula is C16H15N3O2. The van der Waals surface area contributed by atoms with Gasteiger partial charge in [0.15, 0.2) is 0 Å². The van der Waals surface area contributed by atoms with Crippen LogP contribution in [0.4, 0.5) is 0 Å². The number of benzene rings is 1. The first kappa shape index (κ1) is 11.4. The van der Waals surface area contributed by atoms with E-state index < -0.39 is 0 Å². The molecule has 4 atom stereocenters. The quantitative estimate of drug-likeness (QED) is 0.744. The van der Waals surface area contributed by atoms with E-state index in [1.54, 1.807) is 21.5 Å². The molecule has 5 nitrogen and oxygen atoms in total. The van der Waals surface area contributed by atoms with Crippen molar-refractivity contribution in [1.29, 1.82) is 0 Å². The molecule has 1 fully saturated rings. The van der Waals surface area contributed by atoms with E-state index in [1.165, 1.54) is 10.1 Å². The van der Waals surface area contributed by atoms with Gasteiger partial charge >= 0.3 is 11.4 Å². The van der Waals surface area contributed by atoms with Gasteiger partial charge in [-0.2, -0.15) is 0 Å². The van der Waals surface area contributed by atoms with Crippen LogP contribution in [0.15, 0.2) is 51.6 Å². The molecule has 1 aromatic heterocycles. The second-order valence-electron chi connectivity index (χ2n) is 6.33. The Morgan fingerprint density at radius 3 is 2.48 bits per heavy atom. The van der Waals surface area contributed by atoms with Crippen LogP contribution in [-0.2, 0) is 0 Å². The summed E-state index contributed by atoms with van der Waals surface area (Å²) >= 11 is 0. The van der Waals surface area contributed by atoms with Crippen LogP contribution in [0.1, 0.15) is 25.4 Å². The van der Waals surface area contributed by atoms with Gasteiger partial charge in [-0.1, -0.05) is 29.8 Å². The molecule has 4 aliphatic rings. The molecule has 6 rings (SSSR count). The zero-order valence-electron chi connectivity index (χ0n) is 11.6. The van der Waals surface area contributed by atoms with Gasteiger partial charge in [0, 0.05) is 0 Å². The highest BCUT2D eigenvalue weighted by Gasteiger charge is 2.57. The molecule has 5 heteroatoms. The lowest BCUT2D eigenvalue weighted by Crippen LogP contribution is -2.42. The number of allylic oxidation sites excluding steroid dienone is 2. The summed E-state index contributed by atoms with van der Waals surface area (Å²) in [6.45, 7) is 2.08. The molecule has 2 aliphatic carbocycles. The molecule has 0 N–H and O–H groups in total. The zero-order valence-corrected chi connectivity index (χ0v) is 11.6. The summed E-state index contributed by atoms with van der Waals surface area (Å²) in [6.07, 6.45) is 3.30. The minimum absolute atomic E-state index is 0.0603. The number of hydrogen-bond donors (Lipinski definition) is 0. The van der Waals surface area contributed by atoms with Crippen LogP contribution in [0.3, 0.4) is 0 Å². The highest BCUT2D eigenvalue weighted by Crippen LogP contribution is 2.60. The van der Waals surface area contributed by atoms with Crippen molar-refractivity contribution < 1.29 is 0 Å². The van der Waals surface area contributed by atoms with Gasteiger partial charge < -0.3 is 0 Å². The summed E-state index contributed by atoms with van der Waals surface area (Å²) in [5.41, 5.74) is 1.45. The summed E-state index contributed by atoms with van der Waals surface area (Å²) in [6, 6.07) is 9.31. The largest absolute Gasteiger partial charge is 0.352 e. The van der Waals surface area contributed by atoms with Gasteiger partial charge in [0.25, 0.3) is 0 Å². The summed E-state index contributed by atoms with van der Waals surface area (Å²) in [7, 11) is 0. The van der Waals surface area contributed by atoms with Crippen LogP contribution >= 0.6 is 0 Å². The normalized spacial score (nSPS) is 31.6. The number of rotatable bonds is 1. The second kappa shape index (κ2) is 3.47. The van der Waals surface area contributed by atoms with Crippen molar-refractivity contribution in [2.75, 3.05) is 0 Å². The SMILES string of the molecule is CC1=C[C@H]2[C@@H]3C[C@@H]3[C@@H]1n1c(=O)n(-c3ccccc3)c(=O)n12. The highest BCUT2D eigenvalue weighted by atomic mass is 16.2. The monoisotopic (exact) mass is 281 g/mol. The number of aromatic nitrogens is 3. The predicted octanol–water partition coefficient (Wildman–Crippen LogP) is 1.49. The third-order valence-corrected chi connectivity index (χ3v) is 5.20. The maximum atomic E-state index is 12.8. The molecule has 2 aliphatic heterocycles. The topological polar surface area (TPSA) is 48.9 Å². The van der Waals surface area contributed by atoms with Gasteiger partial charge in [-0.15, -0.1) is 0 Å². The summed E-state index contributed by atoms with van der Waals surface area (Å²) in [4.78, 5) is 25.6. The molecule has 0 saturated heterocycles. The molecule has 1 aromatic carbocycles. The Bertz CT molecular complexity index is 900. The Morgan fingerprint density at radius 2 is 1.71 bits per heavy atom. The van der Waals surface area contributed by atoms with Crippen LogP contribution in [0.25, 0.3) is 5.69 Å². The van der Waals surface area contributed by atoms with Gasteiger partial charge in [-0.25, -0.2) is 23.5 Å². The number of hydrogen-bond acceptors (Lipinski definition) is 2. The Kier molecular flexibility index (Phi) is 1.88. The van der Waals surface area contributed by atoms with E-state index in [0.29, 0.717) is 17.5 Å². The van der Waals surface area contributed by atoms with Crippen molar-refractivity contribution in [1.82, 2.24) is 13.9 Å². The lowest BCUT2D eigenvalue weighted by Gasteiger charge is -2.35. The van der Waals surface area contributed by atoms with E-state index in [1.807, 2.05) is 18.2 Å². The van der Waals surface area contributed by atoms with Crippen LogP contribution < -0.4 is 11.4 Å². The van der Waals surface area contributed by atoms with Gasteiger partial charge in [0.1, 0.15) is 0 Å². The zero-order chi connectivity index (χ0) is 14.3. The fraction of sp³-hybridized carbons (Fsp3) is 0.375. The summed E-state index contributed by atoms with van der Waals surface area (Å²) < 4.78 is 4.68. The van der Waals surface area contributed by atoms with Crippen molar-refractivity contribution in [2.24, 2.45) is 11.8 Å². The molecule has 0 unspecified atom stereocenters. The standard InChI is InChI=1S/C16H15N3O2/c1-9-7-13-11-8-12(11)14(9)19-16(21)17(15(20)18(13)19)10-5-3-2-4-6-10/h2-7,11-14H,8H2,1H3/t11-,12+,13+,14-/m1/s1. The van der Waals surface area contributed by atoms with Crippen LogP contribution in [-0.4, -0.2) is 13.9 Å². The molecule has 0 amide bonds. The molecule has 3 heterocycles. The van der Waals surface area contributed by atoms with Crippen molar-refractivity contribution in [3.05, 3.63) is 62.9 Å². The maximum absolute atomic E-state index is 12.8. The van der Waals surface area contributed by atoms with Crippen molar-refractivity contribution >= 4 is 0 Å². The summed E-state index contributed by atoms with van der Waals surface area (Å²) in [5, 5.41) is 0. The lowest BCUT2D eigenvalue weighted by molar-refractivity contribution is 0.230. The van der Waals surface area contributed by atoms with Crippen LogP contribution in [0.2, 0.25) is 0 Å². The smallest absolute Gasteiger partial charge is 0.245 e. The van der Waals surface area contributed by atoms with Gasteiger partial charge in [0.2, 0.25) is 0 Å². The van der Waals surface area contributed by atoms with E-state index in [2.05, 4.69) is 13.0 Å². The predicted molar refractivity (Wildman–Crippen MR) is 77.7 cm³/mol. The molecular weight excluding hydrogens is 266 g/mol. The van der Waals surface area contributed by atoms with Crippen molar-refractivity contribution in [3.8, 4) is 5.69 Å². The first-order valence-electron chi connectivity index (χ1n) is 7.38. The molecule has 0 spiro atoms. The first-order chi connectivity index (χ1) is 10.2. The minimum atomic E-state index is -0.213. The van der Waals surface area contributed by atoms with Gasteiger partial charge in [-0.3, -0.25) is 0 Å². The van der Waals surface area contributed by atoms with Gasteiger partial charge in [-0.05, 0) is 37.3 Å². The molecule has 2 aromatic rings. The number of nitrogens with zero attached hydrogens (tertiary/aromatic N) is 3. The average Bonchev–Trinajstić information content (AvgIpc) is 3.24. The fourth-order valence-corrected chi connectivity index (χ4v) is 4.24. The lowest BCUT2D eigenvalue weighted by atomic mass is 9.90. The minimum Gasteiger partial charge on any atom is -0.245 e. The second-order valence-corrected chi connectivity index (χ2v) is 6.33. The van der Waals surface area contributed by atoms with E-state index in [9.17, 15) is 9.59 Å². The fourth-order valence-electron chi connectivity index (χ4n) is 4.24. The summed E-state index contributed by atoms with van der Waals surface area (Å²) in [5.74, 6) is 1.09. The molecule has 106 valence electrons. The Labute approximate surface area is 120 Å². The molecule has 1 saturated carbocycles. The number of para-hydroxylation sites is 1. The average molecular weight is 281 g/mol. The van der Waals surface area contributed by atoms with Crippen molar-refractivity contribution in [3.63, 3.8) is 0 Å². The van der Waals surface area contributed by atoms with E-state index in [-0.39, 0.29) is 23.5 Å². The van der Waals surface area contributed by atoms with E-state index >= 15 is 0 Å². The highest BCUT2D eigenvalue weighted by molar-refractivity contribution is 5.33. The third-order valence-electron chi connectivity index (χ3n) is 5.20. The first-order valence-corrected chi connectivity index (χ1v) is 7.38. The van der Waals surface area contributed by atoms with E-state index in [4.69, 9.17) is 0 Å². The Hall–Kier alpha value is -2.30. The third kappa shape index (κ3) is 1.22. The van der Waals surface area contributed by atoms with Crippen LogP contribution in [0, 0.1) is 11.8 Å². The van der Waals surface area contributed by atoms with Gasteiger partial charge in [0.05, 0.1) is 17.8 Å². The van der Waals surface area contributed by atoms with E-state index in [0.717, 1.165) is 6.42 Å². The molecule has 2 bridgehead atoms. The Morgan fingerprint density at radius 1 is 1.00 bits per heavy atom. The molecule has 21 heavy (non-hydrogen) atoms. The molecule has 0 radical (unpaired) electrons. The maximum Gasteiger partial charge on any atom is 0.352 e. The van der Waals surface area contributed by atoms with Crippen LogP contribution in [0.5, 0.6) is 0 Å². The Balaban J connectivity index is 1.84. The van der Waals surface area contributed by atoms with Crippen molar-refractivity contribution in [2.45, 2.75) is 25.4 Å².